The molecule has 2 aromatic rings. The van der Waals surface area contributed by atoms with Gasteiger partial charge in [-0.3, -0.25) is 14.8 Å². The number of nitrogens with zero attached hydrogens (tertiary/aromatic N) is 5. The van der Waals surface area contributed by atoms with Crippen LogP contribution in [0.5, 0.6) is 0 Å². The van der Waals surface area contributed by atoms with Crippen molar-refractivity contribution in [2.45, 2.75) is 46.6 Å². The molecule has 0 bridgehead atoms. The van der Waals surface area contributed by atoms with Gasteiger partial charge in [0, 0.05) is 37.6 Å². The van der Waals surface area contributed by atoms with Gasteiger partial charge in [-0.1, -0.05) is 0 Å². The molecular weight excluding hydrogens is 328 g/mol. The second kappa shape index (κ2) is 8.21. The van der Waals surface area contributed by atoms with E-state index in [0.29, 0.717) is 12.5 Å². The third-order valence-corrected chi connectivity index (χ3v) is 4.64. The second-order valence-corrected chi connectivity index (χ2v) is 6.99. The lowest BCUT2D eigenvalue weighted by Gasteiger charge is -2.32. The molecule has 0 spiro atoms. The number of rotatable bonds is 5. The van der Waals surface area contributed by atoms with Crippen LogP contribution in [0.3, 0.4) is 0 Å². The minimum absolute atomic E-state index is 0.0598. The number of carbonyl (C=O) groups is 1. The van der Waals surface area contributed by atoms with E-state index < -0.39 is 0 Å². The number of carbonyl (C=O) groups excluding carboxylic acids is 1. The molecule has 26 heavy (non-hydrogen) atoms. The summed E-state index contributed by atoms with van der Waals surface area (Å²) in [5, 5.41) is 2.73. The molecule has 0 aromatic carbocycles. The fourth-order valence-corrected chi connectivity index (χ4v) is 3.27. The van der Waals surface area contributed by atoms with E-state index in [-0.39, 0.29) is 5.91 Å². The van der Waals surface area contributed by atoms with Gasteiger partial charge in [0.25, 0.3) is 0 Å². The maximum absolute atomic E-state index is 10.9. The van der Waals surface area contributed by atoms with Crippen LogP contribution in [-0.2, 0) is 17.8 Å². The number of anilines is 1. The van der Waals surface area contributed by atoms with Gasteiger partial charge in [0.2, 0.25) is 11.9 Å². The molecular formula is C19H26N6O. The van der Waals surface area contributed by atoms with Crippen LogP contribution >= 0.6 is 0 Å². The standard InChI is InChI=1S/C19H26N6O/c1-13-8-14(2)24-19(23-13)25-6-4-16(5-7-25)9-17-10-22-18(12-21-17)11-20-15(3)26/h8,10,12,16H,4-7,9,11H2,1-3H3,(H,20,26). The van der Waals surface area contributed by atoms with Gasteiger partial charge in [-0.25, -0.2) is 9.97 Å². The minimum Gasteiger partial charge on any atom is -0.351 e. The van der Waals surface area contributed by atoms with Crippen molar-refractivity contribution in [1.29, 1.82) is 0 Å². The Hall–Kier alpha value is -2.57. The molecule has 3 rings (SSSR count). The van der Waals surface area contributed by atoms with E-state index in [2.05, 4.69) is 30.2 Å². The molecule has 1 N–H and O–H groups in total. The zero-order valence-corrected chi connectivity index (χ0v) is 15.7. The normalized spacial score (nSPS) is 15.1. The Morgan fingerprint density at radius 1 is 1.12 bits per heavy atom. The van der Waals surface area contributed by atoms with Crippen LogP contribution in [0.25, 0.3) is 0 Å². The van der Waals surface area contributed by atoms with Crippen LogP contribution in [0.1, 0.15) is 42.5 Å². The molecule has 1 aliphatic rings. The zero-order chi connectivity index (χ0) is 18.5. The average Bonchev–Trinajstić information content (AvgIpc) is 2.61. The number of nitrogens with one attached hydrogen (secondary N) is 1. The van der Waals surface area contributed by atoms with Crippen molar-refractivity contribution >= 4 is 11.9 Å². The first-order chi connectivity index (χ1) is 12.5. The summed E-state index contributed by atoms with van der Waals surface area (Å²) in [7, 11) is 0. The molecule has 7 heteroatoms. The number of amides is 1. The summed E-state index contributed by atoms with van der Waals surface area (Å²) in [6.45, 7) is 7.90. The van der Waals surface area contributed by atoms with Gasteiger partial charge >= 0.3 is 0 Å². The fraction of sp³-hybridized carbons (Fsp3) is 0.526. The number of hydrogen-bond donors (Lipinski definition) is 1. The maximum atomic E-state index is 10.9. The van der Waals surface area contributed by atoms with Crippen LogP contribution in [0.4, 0.5) is 5.95 Å². The van der Waals surface area contributed by atoms with Crippen LogP contribution in [-0.4, -0.2) is 38.9 Å². The third-order valence-electron chi connectivity index (χ3n) is 4.64. The topological polar surface area (TPSA) is 83.9 Å². The summed E-state index contributed by atoms with van der Waals surface area (Å²) in [4.78, 5) is 31.2. The number of piperidine rings is 1. The Labute approximate surface area is 154 Å². The Balaban J connectivity index is 1.51. The molecule has 1 saturated heterocycles. The van der Waals surface area contributed by atoms with Crippen LogP contribution in [0, 0.1) is 19.8 Å². The van der Waals surface area contributed by atoms with Crippen molar-refractivity contribution in [2.24, 2.45) is 5.92 Å². The summed E-state index contributed by atoms with van der Waals surface area (Å²) >= 11 is 0. The molecule has 0 atom stereocenters. The highest BCUT2D eigenvalue weighted by molar-refractivity contribution is 5.72. The Morgan fingerprint density at radius 2 is 1.73 bits per heavy atom. The summed E-state index contributed by atoms with van der Waals surface area (Å²) in [6.07, 6.45) is 6.73. The predicted molar refractivity (Wildman–Crippen MR) is 99.7 cm³/mol. The van der Waals surface area contributed by atoms with Crippen LogP contribution in [0.15, 0.2) is 18.5 Å². The average molecular weight is 354 g/mol. The van der Waals surface area contributed by atoms with Crippen molar-refractivity contribution in [3.8, 4) is 0 Å². The summed E-state index contributed by atoms with van der Waals surface area (Å²) in [5.41, 5.74) is 3.83. The Bertz CT molecular complexity index is 733. The van der Waals surface area contributed by atoms with Crippen molar-refractivity contribution in [1.82, 2.24) is 25.3 Å². The zero-order valence-electron chi connectivity index (χ0n) is 15.7. The number of aryl methyl sites for hydroxylation is 2. The van der Waals surface area contributed by atoms with Gasteiger partial charge in [-0.2, -0.15) is 0 Å². The largest absolute Gasteiger partial charge is 0.351 e. The monoisotopic (exact) mass is 354 g/mol. The van der Waals surface area contributed by atoms with Gasteiger partial charge in [-0.15, -0.1) is 0 Å². The molecule has 0 aliphatic carbocycles. The third kappa shape index (κ3) is 4.97. The molecule has 1 amide bonds. The van der Waals surface area contributed by atoms with E-state index in [1.54, 1.807) is 6.20 Å². The van der Waals surface area contributed by atoms with Gasteiger partial charge in [0.1, 0.15) is 0 Å². The highest BCUT2D eigenvalue weighted by Crippen LogP contribution is 2.23. The maximum Gasteiger partial charge on any atom is 0.225 e. The van der Waals surface area contributed by atoms with E-state index in [9.17, 15) is 4.79 Å². The van der Waals surface area contributed by atoms with Gasteiger partial charge in [-0.05, 0) is 45.1 Å². The van der Waals surface area contributed by atoms with E-state index >= 15 is 0 Å². The van der Waals surface area contributed by atoms with E-state index in [1.165, 1.54) is 6.92 Å². The lowest BCUT2D eigenvalue weighted by Crippen LogP contribution is -2.35. The van der Waals surface area contributed by atoms with Crippen molar-refractivity contribution in [3.05, 3.63) is 41.2 Å². The molecule has 138 valence electrons. The van der Waals surface area contributed by atoms with Crippen LogP contribution < -0.4 is 10.2 Å². The van der Waals surface area contributed by atoms with Gasteiger partial charge in [0.05, 0.1) is 24.1 Å². The summed E-state index contributed by atoms with van der Waals surface area (Å²) < 4.78 is 0. The number of aromatic nitrogens is 4. The highest BCUT2D eigenvalue weighted by atomic mass is 16.1. The van der Waals surface area contributed by atoms with Crippen molar-refractivity contribution in [2.75, 3.05) is 18.0 Å². The molecule has 7 nitrogen and oxygen atoms in total. The first kappa shape index (κ1) is 18.2. The molecule has 1 fully saturated rings. The lowest BCUT2D eigenvalue weighted by atomic mass is 9.92. The van der Waals surface area contributed by atoms with Crippen molar-refractivity contribution < 1.29 is 4.79 Å². The van der Waals surface area contributed by atoms with Crippen molar-refractivity contribution in [3.63, 3.8) is 0 Å². The number of hydrogen-bond acceptors (Lipinski definition) is 6. The highest BCUT2D eigenvalue weighted by Gasteiger charge is 2.22. The van der Waals surface area contributed by atoms with Gasteiger partial charge < -0.3 is 10.2 Å². The summed E-state index contributed by atoms with van der Waals surface area (Å²) in [6, 6.07) is 2.00. The van der Waals surface area contributed by atoms with E-state index in [1.807, 2.05) is 26.1 Å². The SMILES string of the molecule is CC(=O)NCc1cnc(CC2CCN(c3nc(C)cc(C)n3)CC2)cn1. The molecule has 2 aromatic heterocycles. The molecule has 1 aliphatic heterocycles. The predicted octanol–water partition coefficient (Wildman–Crippen LogP) is 1.98. The minimum atomic E-state index is -0.0598. The molecule has 0 saturated carbocycles. The van der Waals surface area contributed by atoms with Crippen LogP contribution in [0.2, 0.25) is 0 Å². The molecule has 0 radical (unpaired) electrons. The quantitative estimate of drug-likeness (QED) is 0.884. The first-order valence-corrected chi connectivity index (χ1v) is 9.11. The summed E-state index contributed by atoms with van der Waals surface area (Å²) in [5.74, 6) is 1.39. The van der Waals surface area contributed by atoms with Gasteiger partial charge in [0.15, 0.2) is 0 Å². The molecule has 0 unspecified atom stereocenters. The Morgan fingerprint density at radius 3 is 2.31 bits per heavy atom. The smallest absolute Gasteiger partial charge is 0.225 e. The Kier molecular flexibility index (Phi) is 5.75. The fourth-order valence-electron chi connectivity index (χ4n) is 3.27. The second-order valence-electron chi connectivity index (χ2n) is 6.99. The van der Waals surface area contributed by atoms with E-state index in [0.717, 1.165) is 61.1 Å². The first-order valence-electron chi connectivity index (χ1n) is 9.11. The van der Waals surface area contributed by atoms with E-state index in [4.69, 9.17) is 0 Å². The lowest BCUT2D eigenvalue weighted by molar-refractivity contribution is -0.119. The molecule has 3 heterocycles.